The van der Waals surface area contributed by atoms with Crippen LogP contribution in [0.15, 0.2) is 48.5 Å². The number of hydrogen-bond donors (Lipinski definition) is 2. The second-order valence-corrected chi connectivity index (χ2v) is 13.5. The molecule has 0 unspecified atom stereocenters. The van der Waals surface area contributed by atoms with Gasteiger partial charge in [0.05, 0.1) is 29.0 Å². The van der Waals surface area contributed by atoms with Crippen LogP contribution in [0.5, 0.6) is 0 Å². The zero-order valence-corrected chi connectivity index (χ0v) is 24.5. The van der Waals surface area contributed by atoms with Crippen molar-refractivity contribution in [3.8, 4) is 0 Å². The summed E-state index contributed by atoms with van der Waals surface area (Å²) in [6.45, 7) is 4.02. The monoisotopic (exact) mass is 577 g/mol. The number of fused-ring (bicyclic) bond motifs is 1. The molecule has 1 aromatic heterocycles. The fourth-order valence-electron chi connectivity index (χ4n) is 6.21. The summed E-state index contributed by atoms with van der Waals surface area (Å²) >= 11 is 0. The summed E-state index contributed by atoms with van der Waals surface area (Å²) in [5.41, 5.74) is 4.34. The molecule has 0 saturated carbocycles. The average molecular weight is 578 g/mol. The molecular formula is C30H36FN7O2S. The highest BCUT2D eigenvalue weighted by molar-refractivity contribution is 7.92. The molecule has 3 aromatic rings. The molecule has 9 nitrogen and oxygen atoms in total. The lowest BCUT2D eigenvalue weighted by atomic mass is 9.77. The number of allylic oxidation sites excluding steroid dienone is 1. The first kappa shape index (κ1) is 27.5. The van der Waals surface area contributed by atoms with Crippen molar-refractivity contribution in [2.75, 3.05) is 66.4 Å². The minimum Gasteiger partial charge on any atom is -0.369 e. The Kier molecular flexibility index (Phi) is 7.11. The van der Waals surface area contributed by atoms with Gasteiger partial charge in [0, 0.05) is 44.4 Å². The Labute approximate surface area is 241 Å². The van der Waals surface area contributed by atoms with Gasteiger partial charge in [-0.2, -0.15) is 4.98 Å². The van der Waals surface area contributed by atoms with Gasteiger partial charge < -0.3 is 20.4 Å². The lowest BCUT2D eigenvalue weighted by Gasteiger charge is -2.40. The number of para-hydroxylation sites is 2. The van der Waals surface area contributed by atoms with Crippen molar-refractivity contribution in [1.29, 1.82) is 0 Å². The number of aromatic nitrogens is 2. The van der Waals surface area contributed by atoms with E-state index in [0.29, 0.717) is 46.4 Å². The Morgan fingerprint density at radius 2 is 1.78 bits per heavy atom. The molecule has 216 valence electrons. The van der Waals surface area contributed by atoms with E-state index in [1.807, 2.05) is 30.4 Å². The molecule has 6 rings (SSSR count). The highest BCUT2D eigenvalue weighted by Gasteiger charge is 2.39. The molecule has 0 radical (unpaired) electrons. The zero-order valence-electron chi connectivity index (χ0n) is 23.7. The summed E-state index contributed by atoms with van der Waals surface area (Å²) in [5, 5.41) is 6.48. The molecule has 2 aliphatic heterocycles. The third kappa shape index (κ3) is 5.60. The number of halogens is 1. The third-order valence-electron chi connectivity index (χ3n) is 8.61. The van der Waals surface area contributed by atoms with Gasteiger partial charge >= 0.3 is 0 Å². The largest absolute Gasteiger partial charge is 0.369 e. The number of likely N-dealkylation sites (tertiary alicyclic amines) is 1. The van der Waals surface area contributed by atoms with E-state index < -0.39 is 10.0 Å². The van der Waals surface area contributed by atoms with Crippen molar-refractivity contribution in [3.05, 3.63) is 65.6 Å². The van der Waals surface area contributed by atoms with Crippen LogP contribution in [0.25, 0.3) is 6.08 Å². The Bertz CT molecular complexity index is 1600. The van der Waals surface area contributed by atoms with Crippen LogP contribution in [0.1, 0.15) is 30.5 Å². The van der Waals surface area contributed by atoms with E-state index in [-0.39, 0.29) is 5.82 Å². The van der Waals surface area contributed by atoms with Gasteiger partial charge in [-0.05, 0) is 68.6 Å². The van der Waals surface area contributed by atoms with Crippen LogP contribution >= 0.6 is 0 Å². The maximum absolute atomic E-state index is 15.4. The normalized spacial score (nSPS) is 18.1. The van der Waals surface area contributed by atoms with Gasteiger partial charge in [-0.15, -0.1) is 0 Å². The smallest absolute Gasteiger partial charge is 0.232 e. The number of nitrogens with one attached hydrogen (secondary N) is 2. The van der Waals surface area contributed by atoms with Crippen molar-refractivity contribution in [1.82, 2.24) is 14.9 Å². The van der Waals surface area contributed by atoms with Crippen LogP contribution in [-0.4, -0.2) is 69.8 Å². The lowest BCUT2D eigenvalue weighted by molar-refractivity contribution is 0.221. The van der Waals surface area contributed by atoms with Crippen LogP contribution in [0, 0.1) is 11.2 Å². The molecule has 2 fully saturated rings. The number of rotatable bonds is 7. The summed E-state index contributed by atoms with van der Waals surface area (Å²) in [6, 6.07) is 12.4. The third-order valence-corrected chi connectivity index (χ3v) is 9.80. The maximum atomic E-state index is 15.4. The van der Waals surface area contributed by atoms with E-state index in [0.717, 1.165) is 56.5 Å². The summed E-state index contributed by atoms with van der Waals surface area (Å²) < 4.78 is 41.0. The van der Waals surface area contributed by atoms with E-state index in [9.17, 15) is 8.42 Å². The number of piperidine rings is 1. The number of benzene rings is 2. The summed E-state index contributed by atoms with van der Waals surface area (Å²) in [6.07, 6.45) is 9.17. The second kappa shape index (κ2) is 10.6. The van der Waals surface area contributed by atoms with Crippen LogP contribution < -0.4 is 19.8 Å². The fraction of sp³-hybridized carbons (Fsp3) is 0.400. The lowest BCUT2D eigenvalue weighted by Crippen LogP contribution is -2.41. The zero-order chi connectivity index (χ0) is 28.8. The number of anilines is 6. The molecule has 3 aliphatic rings. The van der Waals surface area contributed by atoms with Crippen molar-refractivity contribution in [2.24, 2.45) is 5.41 Å². The Morgan fingerprint density at radius 3 is 2.49 bits per heavy atom. The van der Waals surface area contributed by atoms with Gasteiger partial charge in [-0.1, -0.05) is 24.3 Å². The molecular weight excluding hydrogens is 541 g/mol. The molecule has 11 heteroatoms. The van der Waals surface area contributed by atoms with Crippen molar-refractivity contribution in [2.45, 2.75) is 25.7 Å². The van der Waals surface area contributed by atoms with Gasteiger partial charge in [0.2, 0.25) is 16.0 Å². The highest BCUT2D eigenvalue weighted by Crippen LogP contribution is 2.41. The van der Waals surface area contributed by atoms with Crippen LogP contribution in [0.4, 0.5) is 38.9 Å². The molecule has 0 amide bonds. The molecule has 0 bridgehead atoms. The standard InChI is InChI=1S/C30H36FN7O2S/c1-36-16-13-30(20-36)14-17-38(18-15-30)26-12-11-21(19-23(26)31)32-29-34-24-9-6-7-22(24)28(35-29)33-25-8-4-5-10-27(25)37(2)41(3,39)40/h4-8,10-12,19H,9,13-18,20H2,1-3H3,(H2,32,33,34,35). The maximum Gasteiger partial charge on any atom is 0.232 e. The van der Waals surface area contributed by atoms with Gasteiger partial charge in [-0.3, -0.25) is 4.31 Å². The average Bonchev–Trinajstić information content (AvgIpc) is 3.55. The van der Waals surface area contributed by atoms with Crippen molar-refractivity contribution < 1.29 is 12.8 Å². The molecule has 2 saturated heterocycles. The van der Waals surface area contributed by atoms with E-state index >= 15 is 4.39 Å². The van der Waals surface area contributed by atoms with Crippen LogP contribution in [0.2, 0.25) is 0 Å². The number of nitrogens with zero attached hydrogens (tertiary/aromatic N) is 5. The summed E-state index contributed by atoms with van der Waals surface area (Å²) in [5.74, 6) is 0.604. The highest BCUT2D eigenvalue weighted by atomic mass is 32.2. The Morgan fingerprint density at radius 1 is 1.02 bits per heavy atom. The van der Waals surface area contributed by atoms with E-state index in [2.05, 4.69) is 32.5 Å². The first-order chi connectivity index (χ1) is 19.6. The Hall–Kier alpha value is -3.70. The molecule has 0 atom stereocenters. The SMILES string of the molecule is CN1CCC2(CCN(c3ccc(Nc4nc5c(c(Nc6ccccc6N(C)S(C)(=O)=O)n4)C=CC5)cc3F)CC2)C1. The molecule has 1 aliphatic carbocycles. The number of sulfonamides is 1. The minimum atomic E-state index is -3.46. The second-order valence-electron chi connectivity index (χ2n) is 11.5. The molecule has 2 aromatic carbocycles. The Balaban J connectivity index is 1.21. The van der Waals surface area contributed by atoms with Crippen molar-refractivity contribution in [3.63, 3.8) is 0 Å². The van der Waals surface area contributed by atoms with E-state index in [1.54, 1.807) is 18.2 Å². The van der Waals surface area contributed by atoms with Crippen molar-refractivity contribution >= 4 is 50.6 Å². The van der Waals surface area contributed by atoms with E-state index in [4.69, 9.17) is 4.98 Å². The first-order valence-electron chi connectivity index (χ1n) is 14.0. The molecule has 41 heavy (non-hydrogen) atoms. The topological polar surface area (TPSA) is 93.7 Å². The number of hydrogen-bond acceptors (Lipinski definition) is 8. The summed E-state index contributed by atoms with van der Waals surface area (Å²) in [7, 11) is 0.237. The van der Waals surface area contributed by atoms with Gasteiger partial charge in [0.1, 0.15) is 11.6 Å². The first-order valence-corrected chi connectivity index (χ1v) is 15.8. The van der Waals surface area contributed by atoms with E-state index in [1.165, 1.54) is 23.8 Å². The minimum absolute atomic E-state index is 0.270. The molecule has 3 heterocycles. The fourth-order valence-corrected chi connectivity index (χ4v) is 6.72. The predicted octanol–water partition coefficient (Wildman–Crippen LogP) is 4.99. The molecule has 1 spiro atoms. The predicted molar refractivity (Wildman–Crippen MR) is 163 cm³/mol. The van der Waals surface area contributed by atoms with Gasteiger partial charge in [0.15, 0.2) is 0 Å². The molecule has 2 N–H and O–H groups in total. The van der Waals surface area contributed by atoms with Gasteiger partial charge in [0.25, 0.3) is 0 Å². The van der Waals surface area contributed by atoms with Crippen LogP contribution in [-0.2, 0) is 16.4 Å². The summed E-state index contributed by atoms with van der Waals surface area (Å²) in [4.78, 5) is 13.9. The van der Waals surface area contributed by atoms with Gasteiger partial charge in [-0.25, -0.2) is 17.8 Å². The van der Waals surface area contributed by atoms with Crippen LogP contribution in [0.3, 0.4) is 0 Å². The quantitative estimate of drug-likeness (QED) is 0.406.